The Morgan fingerprint density at radius 1 is 1.10 bits per heavy atom. The average molecular weight is 415 g/mol. The molecule has 150 valence electrons. The highest BCUT2D eigenvalue weighted by atomic mass is 32.2. The van der Waals surface area contributed by atoms with Gasteiger partial charge < -0.3 is 5.32 Å². The molecule has 3 aromatic rings. The number of rotatable bonds is 6. The Bertz CT molecular complexity index is 1220. The van der Waals surface area contributed by atoms with Gasteiger partial charge in [0.05, 0.1) is 4.90 Å². The zero-order valence-electron chi connectivity index (χ0n) is 15.5. The van der Waals surface area contributed by atoms with Gasteiger partial charge in [-0.05, 0) is 48.4 Å². The molecule has 0 fully saturated rings. The molecule has 1 amide bonds. The van der Waals surface area contributed by atoms with E-state index in [4.69, 9.17) is 0 Å². The highest BCUT2D eigenvalue weighted by Gasteiger charge is 2.21. The number of sulfone groups is 1. The SMILES string of the molecule is CCc1cccc(NC(=O)Cn2nc(S(=O)(=O)c3cccc(F)c3)ccc2=O)c1. The highest BCUT2D eigenvalue weighted by Crippen LogP contribution is 2.18. The average Bonchev–Trinajstić information content (AvgIpc) is 2.69. The molecule has 0 saturated heterocycles. The van der Waals surface area contributed by atoms with Crippen LogP contribution in [-0.2, 0) is 27.6 Å². The molecule has 1 N–H and O–H groups in total. The minimum absolute atomic E-state index is 0.295. The van der Waals surface area contributed by atoms with Crippen LogP contribution < -0.4 is 10.9 Å². The number of aryl methyl sites for hydroxylation is 1. The highest BCUT2D eigenvalue weighted by molar-refractivity contribution is 7.91. The number of hydrogen-bond acceptors (Lipinski definition) is 5. The van der Waals surface area contributed by atoms with Crippen molar-refractivity contribution < 1.29 is 17.6 Å². The Hall–Kier alpha value is -3.33. The summed E-state index contributed by atoms with van der Waals surface area (Å²) in [6, 6.07) is 13.7. The van der Waals surface area contributed by atoms with Gasteiger partial charge in [0.1, 0.15) is 12.4 Å². The van der Waals surface area contributed by atoms with E-state index in [2.05, 4.69) is 10.4 Å². The Morgan fingerprint density at radius 2 is 1.86 bits per heavy atom. The predicted molar refractivity (Wildman–Crippen MR) is 105 cm³/mol. The van der Waals surface area contributed by atoms with E-state index in [9.17, 15) is 22.4 Å². The first-order valence-corrected chi connectivity index (χ1v) is 10.3. The first-order valence-electron chi connectivity index (χ1n) is 8.77. The van der Waals surface area contributed by atoms with Crippen LogP contribution in [-0.4, -0.2) is 24.1 Å². The summed E-state index contributed by atoms with van der Waals surface area (Å²) in [6.45, 7) is 1.51. The molecule has 0 bridgehead atoms. The molecule has 0 radical (unpaired) electrons. The van der Waals surface area contributed by atoms with Crippen molar-refractivity contribution in [2.24, 2.45) is 0 Å². The third-order valence-corrected chi connectivity index (χ3v) is 5.78. The number of halogens is 1. The van der Waals surface area contributed by atoms with Crippen molar-refractivity contribution >= 4 is 21.4 Å². The molecule has 0 saturated carbocycles. The van der Waals surface area contributed by atoms with Gasteiger partial charge >= 0.3 is 0 Å². The van der Waals surface area contributed by atoms with Gasteiger partial charge in [-0.1, -0.05) is 25.1 Å². The molecule has 0 aliphatic carbocycles. The second kappa shape index (κ2) is 8.36. The number of nitrogens with zero attached hydrogens (tertiary/aromatic N) is 2. The number of benzene rings is 2. The van der Waals surface area contributed by atoms with Gasteiger partial charge in [0.25, 0.3) is 5.56 Å². The van der Waals surface area contributed by atoms with Gasteiger partial charge in [-0.2, -0.15) is 5.10 Å². The van der Waals surface area contributed by atoms with Crippen LogP contribution in [0.5, 0.6) is 0 Å². The minimum Gasteiger partial charge on any atom is -0.324 e. The van der Waals surface area contributed by atoms with Gasteiger partial charge in [0.2, 0.25) is 15.7 Å². The molecule has 0 unspecified atom stereocenters. The molecule has 0 spiro atoms. The zero-order valence-corrected chi connectivity index (χ0v) is 16.3. The second-order valence-corrected chi connectivity index (χ2v) is 8.13. The molecule has 1 heterocycles. The topological polar surface area (TPSA) is 98.1 Å². The summed E-state index contributed by atoms with van der Waals surface area (Å²) >= 11 is 0. The van der Waals surface area contributed by atoms with Crippen LogP contribution in [0.3, 0.4) is 0 Å². The van der Waals surface area contributed by atoms with Crippen molar-refractivity contribution in [1.82, 2.24) is 9.78 Å². The van der Waals surface area contributed by atoms with Crippen LogP contribution in [0.2, 0.25) is 0 Å². The number of aromatic nitrogens is 2. The van der Waals surface area contributed by atoms with E-state index in [1.807, 2.05) is 13.0 Å². The number of amides is 1. The molecule has 3 rings (SSSR count). The third kappa shape index (κ3) is 4.75. The second-order valence-electron chi connectivity index (χ2n) is 6.23. The number of carbonyl (C=O) groups excluding carboxylic acids is 1. The Morgan fingerprint density at radius 3 is 2.59 bits per heavy atom. The maximum atomic E-state index is 13.4. The van der Waals surface area contributed by atoms with E-state index in [0.29, 0.717) is 5.69 Å². The van der Waals surface area contributed by atoms with Crippen LogP contribution in [0.1, 0.15) is 12.5 Å². The van der Waals surface area contributed by atoms with E-state index in [-0.39, 0.29) is 4.90 Å². The number of nitrogens with one attached hydrogen (secondary N) is 1. The third-order valence-electron chi connectivity index (χ3n) is 4.14. The lowest BCUT2D eigenvalue weighted by atomic mass is 10.1. The number of carbonyl (C=O) groups is 1. The maximum absolute atomic E-state index is 13.4. The van der Waals surface area contributed by atoms with Gasteiger partial charge in [-0.15, -0.1) is 0 Å². The van der Waals surface area contributed by atoms with Gasteiger partial charge in [0, 0.05) is 11.8 Å². The van der Waals surface area contributed by atoms with Gasteiger partial charge in [0.15, 0.2) is 5.03 Å². The number of hydrogen-bond donors (Lipinski definition) is 1. The Balaban J connectivity index is 1.85. The fourth-order valence-electron chi connectivity index (χ4n) is 2.65. The largest absolute Gasteiger partial charge is 0.324 e. The van der Waals surface area contributed by atoms with E-state index in [1.165, 1.54) is 12.1 Å². The standard InChI is InChI=1S/C20H18FN3O4S/c1-2-14-5-3-7-16(11-14)22-18(25)13-24-20(26)10-9-19(23-24)29(27,28)17-8-4-6-15(21)12-17/h3-12H,2,13H2,1H3,(H,22,25). The van der Waals surface area contributed by atoms with Crippen LogP contribution in [0.15, 0.2) is 75.4 Å². The Labute approximate surface area is 166 Å². The van der Waals surface area contributed by atoms with E-state index in [0.717, 1.165) is 40.9 Å². The Kier molecular flexibility index (Phi) is 5.88. The summed E-state index contributed by atoms with van der Waals surface area (Å²) in [6.07, 6.45) is 0.796. The van der Waals surface area contributed by atoms with Crippen molar-refractivity contribution in [3.63, 3.8) is 0 Å². The zero-order chi connectivity index (χ0) is 21.0. The molecule has 0 aliphatic heterocycles. The summed E-state index contributed by atoms with van der Waals surface area (Å²) in [5.74, 6) is -1.25. The van der Waals surface area contributed by atoms with Crippen LogP contribution in [0, 0.1) is 5.82 Å². The van der Waals surface area contributed by atoms with Crippen molar-refractivity contribution in [2.75, 3.05) is 5.32 Å². The summed E-state index contributed by atoms with van der Waals surface area (Å²) in [4.78, 5) is 24.0. The van der Waals surface area contributed by atoms with Gasteiger partial charge in [-0.3, -0.25) is 9.59 Å². The monoisotopic (exact) mass is 415 g/mol. The molecule has 7 nitrogen and oxygen atoms in total. The molecular formula is C20H18FN3O4S. The predicted octanol–water partition coefficient (Wildman–Crippen LogP) is 2.42. The summed E-state index contributed by atoms with van der Waals surface area (Å²) in [5, 5.41) is 6.00. The molecule has 2 aromatic carbocycles. The van der Waals surface area contributed by atoms with Crippen LogP contribution >= 0.6 is 0 Å². The quantitative estimate of drug-likeness (QED) is 0.667. The lowest BCUT2D eigenvalue weighted by Gasteiger charge is -2.09. The minimum atomic E-state index is -4.15. The van der Waals surface area contributed by atoms with Crippen LogP contribution in [0.4, 0.5) is 10.1 Å². The molecule has 0 atom stereocenters. The van der Waals surface area contributed by atoms with E-state index in [1.54, 1.807) is 18.2 Å². The molecule has 9 heteroatoms. The molecule has 29 heavy (non-hydrogen) atoms. The molecule has 0 aliphatic rings. The molecule has 1 aromatic heterocycles. The fourth-order valence-corrected chi connectivity index (χ4v) is 3.87. The van der Waals surface area contributed by atoms with E-state index >= 15 is 0 Å². The fraction of sp³-hybridized carbons (Fsp3) is 0.150. The first-order chi connectivity index (χ1) is 13.8. The summed E-state index contributed by atoms with van der Waals surface area (Å²) in [7, 11) is -4.15. The van der Waals surface area contributed by atoms with Crippen molar-refractivity contribution in [3.8, 4) is 0 Å². The van der Waals surface area contributed by atoms with Crippen molar-refractivity contribution in [1.29, 1.82) is 0 Å². The lowest BCUT2D eigenvalue weighted by molar-refractivity contribution is -0.117. The normalized spacial score (nSPS) is 11.2. The van der Waals surface area contributed by atoms with Crippen LogP contribution in [0.25, 0.3) is 0 Å². The number of anilines is 1. The van der Waals surface area contributed by atoms with E-state index < -0.39 is 38.7 Å². The van der Waals surface area contributed by atoms with Crippen molar-refractivity contribution in [2.45, 2.75) is 29.8 Å². The summed E-state index contributed by atoms with van der Waals surface area (Å²) < 4.78 is 39.5. The lowest BCUT2D eigenvalue weighted by Crippen LogP contribution is -2.30. The van der Waals surface area contributed by atoms with Crippen molar-refractivity contribution in [3.05, 3.63) is 82.4 Å². The molecular weight excluding hydrogens is 397 g/mol. The maximum Gasteiger partial charge on any atom is 0.267 e. The van der Waals surface area contributed by atoms with Gasteiger partial charge in [-0.25, -0.2) is 17.5 Å². The summed E-state index contributed by atoms with van der Waals surface area (Å²) in [5.41, 5.74) is 0.952. The smallest absolute Gasteiger partial charge is 0.267 e. The first kappa shape index (κ1) is 20.4.